The maximum atomic E-state index is 11.9. The first-order valence-corrected chi connectivity index (χ1v) is 13.6. The second-order valence-corrected chi connectivity index (χ2v) is 9.66. The molecule has 10 nitrogen and oxygen atoms in total. The minimum absolute atomic E-state index is 0.0352. The van der Waals surface area contributed by atoms with Crippen molar-refractivity contribution in [3.05, 3.63) is 0 Å². The summed E-state index contributed by atoms with van der Waals surface area (Å²) in [5, 5.41) is 3.67. The maximum Gasteiger partial charge on any atom is 0.407 e. The van der Waals surface area contributed by atoms with Crippen LogP contribution in [0.15, 0.2) is 0 Å². The van der Waals surface area contributed by atoms with Crippen molar-refractivity contribution in [1.82, 2.24) is 5.32 Å². The largest absolute Gasteiger partial charge is 0.463 e. The zero-order chi connectivity index (χ0) is 25.6. The fourth-order valence-corrected chi connectivity index (χ4v) is 4.41. The third kappa shape index (κ3) is 19.5. The first kappa shape index (κ1) is 31.6. The van der Waals surface area contributed by atoms with Gasteiger partial charge in [-0.25, -0.2) is 4.79 Å². The van der Waals surface area contributed by atoms with Gasteiger partial charge in [0.25, 0.3) is 0 Å². The lowest BCUT2D eigenvalue weighted by Gasteiger charge is -2.28. The molecule has 1 fully saturated rings. The molecule has 0 radical (unpaired) electrons. The van der Waals surface area contributed by atoms with Crippen LogP contribution in [0.25, 0.3) is 0 Å². The number of amides is 1. The smallest absolute Gasteiger partial charge is 0.407 e. The minimum atomic E-state index is -0.395. The van der Waals surface area contributed by atoms with Crippen molar-refractivity contribution in [3.8, 4) is 0 Å². The SMILES string of the molecule is CCSC1CCC(NC(=O)OCCOCCOCCOCCOCCOC(=O)CCC(C)=O)CC1. The van der Waals surface area contributed by atoms with E-state index in [9.17, 15) is 14.4 Å². The number of alkyl carbamates (subject to hydrolysis) is 1. The molecule has 0 aromatic heterocycles. The van der Waals surface area contributed by atoms with E-state index in [1.54, 1.807) is 0 Å². The summed E-state index contributed by atoms with van der Waals surface area (Å²) < 4.78 is 31.6. The molecular weight excluding hydrogens is 478 g/mol. The Morgan fingerprint density at radius 2 is 1.20 bits per heavy atom. The summed E-state index contributed by atoms with van der Waals surface area (Å²) in [5.74, 6) is 0.717. The fraction of sp³-hybridized carbons (Fsp3) is 0.875. The van der Waals surface area contributed by atoms with Crippen LogP contribution in [0.2, 0.25) is 0 Å². The second-order valence-electron chi connectivity index (χ2n) is 8.08. The molecule has 0 unspecified atom stereocenters. The zero-order valence-corrected chi connectivity index (χ0v) is 22.1. The number of ketones is 1. The van der Waals surface area contributed by atoms with Gasteiger partial charge in [0.1, 0.15) is 19.0 Å². The molecule has 11 heteroatoms. The van der Waals surface area contributed by atoms with E-state index >= 15 is 0 Å². The van der Waals surface area contributed by atoms with Crippen molar-refractivity contribution >= 4 is 29.6 Å². The number of thioether (sulfide) groups is 1. The molecule has 0 spiro atoms. The van der Waals surface area contributed by atoms with Gasteiger partial charge in [-0.3, -0.25) is 4.79 Å². The van der Waals surface area contributed by atoms with Crippen molar-refractivity contribution in [1.29, 1.82) is 0 Å². The molecule has 0 heterocycles. The van der Waals surface area contributed by atoms with E-state index < -0.39 is 5.97 Å². The standard InChI is InChI=1S/C24H43NO9S/c1-3-35-22-7-5-21(6-8-22)25-24(28)34-19-17-32-15-13-30-11-10-29-12-14-31-16-18-33-23(27)9-4-20(2)26/h21-22H,3-19H2,1-2H3,(H,25,28). The van der Waals surface area contributed by atoms with E-state index in [0.29, 0.717) is 46.2 Å². The van der Waals surface area contributed by atoms with Crippen LogP contribution in [0.3, 0.4) is 0 Å². The minimum Gasteiger partial charge on any atom is -0.463 e. The highest BCUT2D eigenvalue weighted by atomic mass is 32.2. The summed E-state index contributed by atoms with van der Waals surface area (Å²) in [6, 6.07) is 0.216. The molecule has 0 atom stereocenters. The Balaban J connectivity index is 1.77. The van der Waals surface area contributed by atoms with Crippen molar-refractivity contribution in [2.45, 2.75) is 63.7 Å². The lowest BCUT2D eigenvalue weighted by atomic mass is 9.95. The topological polar surface area (TPSA) is 119 Å². The summed E-state index contributed by atoms with van der Waals surface area (Å²) in [7, 11) is 0. The fourth-order valence-electron chi connectivity index (χ4n) is 3.34. The van der Waals surface area contributed by atoms with Crippen LogP contribution in [0.1, 0.15) is 52.4 Å². The summed E-state index contributed by atoms with van der Waals surface area (Å²) >= 11 is 2.01. The van der Waals surface area contributed by atoms with E-state index in [1.165, 1.54) is 6.92 Å². The Bertz CT molecular complexity index is 571. The summed E-state index contributed by atoms with van der Waals surface area (Å²) in [5.41, 5.74) is 0. The number of rotatable bonds is 21. The number of esters is 1. The van der Waals surface area contributed by atoms with Gasteiger partial charge in [0.2, 0.25) is 0 Å². The molecule has 35 heavy (non-hydrogen) atoms. The monoisotopic (exact) mass is 521 g/mol. The molecule has 1 rings (SSSR count). The summed E-state index contributed by atoms with van der Waals surface area (Å²) in [6.45, 7) is 7.14. The van der Waals surface area contributed by atoms with Crippen LogP contribution in [0.4, 0.5) is 4.79 Å². The molecule has 1 N–H and O–H groups in total. The Labute approximate surface area is 213 Å². The lowest BCUT2D eigenvalue weighted by molar-refractivity contribution is -0.146. The molecule has 1 aliphatic rings. The number of hydrogen-bond donors (Lipinski definition) is 1. The highest BCUT2D eigenvalue weighted by Gasteiger charge is 2.22. The van der Waals surface area contributed by atoms with Gasteiger partial charge in [0, 0.05) is 17.7 Å². The van der Waals surface area contributed by atoms with Gasteiger partial charge in [-0.15, -0.1) is 0 Å². The zero-order valence-electron chi connectivity index (χ0n) is 21.3. The number of nitrogens with one attached hydrogen (secondary N) is 1. The predicted molar refractivity (Wildman–Crippen MR) is 133 cm³/mol. The van der Waals surface area contributed by atoms with Gasteiger partial charge >= 0.3 is 12.1 Å². The molecule has 1 saturated carbocycles. The summed E-state index contributed by atoms with van der Waals surface area (Å²) in [4.78, 5) is 33.9. The van der Waals surface area contributed by atoms with Gasteiger partial charge < -0.3 is 38.5 Å². The van der Waals surface area contributed by atoms with Crippen LogP contribution in [0, 0.1) is 0 Å². The number of carbonyl (C=O) groups excluding carboxylic acids is 3. The Hall–Kier alpha value is -1.40. The van der Waals surface area contributed by atoms with Crippen LogP contribution in [0.5, 0.6) is 0 Å². The van der Waals surface area contributed by atoms with Crippen molar-refractivity contribution < 1.29 is 42.8 Å². The molecule has 0 aromatic carbocycles. The number of hydrogen-bond acceptors (Lipinski definition) is 10. The second kappa shape index (κ2) is 21.8. The van der Waals surface area contributed by atoms with Crippen LogP contribution in [-0.4, -0.2) is 101 Å². The highest BCUT2D eigenvalue weighted by Crippen LogP contribution is 2.28. The van der Waals surface area contributed by atoms with Gasteiger partial charge in [-0.05, 0) is 38.4 Å². The number of ether oxygens (including phenoxy) is 6. The van der Waals surface area contributed by atoms with E-state index in [2.05, 4.69) is 12.2 Å². The molecule has 1 aliphatic carbocycles. The van der Waals surface area contributed by atoms with Crippen LogP contribution < -0.4 is 5.32 Å². The third-order valence-electron chi connectivity index (χ3n) is 5.15. The number of Topliss-reactive ketones (excluding diaryl/α,β-unsaturated/α-hetero) is 1. The first-order valence-electron chi connectivity index (χ1n) is 12.5. The van der Waals surface area contributed by atoms with Crippen molar-refractivity contribution in [2.75, 3.05) is 71.8 Å². The normalized spacial score (nSPS) is 17.7. The summed E-state index contributed by atoms with van der Waals surface area (Å²) in [6.07, 6.45) is 4.26. The maximum absolute atomic E-state index is 11.9. The van der Waals surface area contributed by atoms with Crippen LogP contribution in [-0.2, 0) is 38.0 Å². The Morgan fingerprint density at radius 3 is 1.69 bits per heavy atom. The highest BCUT2D eigenvalue weighted by molar-refractivity contribution is 7.99. The van der Waals surface area contributed by atoms with E-state index in [4.69, 9.17) is 28.4 Å². The Kier molecular flexibility index (Phi) is 19.7. The molecule has 204 valence electrons. The van der Waals surface area contributed by atoms with E-state index in [0.717, 1.165) is 36.7 Å². The molecule has 0 aliphatic heterocycles. The van der Waals surface area contributed by atoms with E-state index in [1.807, 2.05) is 11.8 Å². The van der Waals surface area contributed by atoms with Crippen molar-refractivity contribution in [2.24, 2.45) is 0 Å². The quantitative estimate of drug-likeness (QED) is 0.178. The van der Waals surface area contributed by atoms with Gasteiger partial charge in [0.05, 0.1) is 59.3 Å². The van der Waals surface area contributed by atoms with Crippen molar-refractivity contribution in [3.63, 3.8) is 0 Å². The molecule has 0 saturated heterocycles. The van der Waals surface area contributed by atoms with E-state index in [-0.39, 0.29) is 50.6 Å². The van der Waals surface area contributed by atoms with Gasteiger partial charge in [0.15, 0.2) is 0 Å². The average molecular weight is 522 g/mol. The molecule has 0 aromatic rings. The molecule has 1 amide bonds. The van der Waals surface area contributed by atoms with Gasteiger partial charge in [-0.2, -0.15) is 11.8 Å². The average Bonchev–Trinajstić information content (AvgIpc) is 2.83. The predicted octanol–water partition coefficient (Wildman–Crippen LogP) is 2.76. The van der Waals surface area contributed by atoms with Gasteiger partial charge in [-0.1, -0.05) is 6.92 Å². The third-order valence-corrected chi connectivity index (χ3v) is 6.42. The first-order chi connectivity index (χ1) is 17.0. The Morgan fingerprint density at radius 1 is 0.714 bits per heavy atom. The number of carbonyl (C=O) groups is 3. The molecular formula is C24H43NO9S. The lowest BCUT2D eigenvalue weighted by Crippen LogP contribution is -2.38. The molecule has 0 bridgehead atoms. The van der Waals surface area contributed by atoms with Crippen LogP contribution >= 0.6 is 11.8 Å².